The molecule has 0 heterocycles. The highest BCUT2D eigenvalue weighted by atomic mass is 16.5. The van der Waals surface area contributed by atoms with Gasteiger partial charge in [0, 0.05) is 0 Å². The van der Waals surface area contributed by atoms with Crippen LogP contribution in [0.2, 0.25) is 0 Å². The second kappa shape index (κ2) is 5.21. The molecule has 0 aliphatic heterocycles. The Morgan fingerprint density at radius 3 is 2.76 bits per heavy atom. The van der Waals surface area contributed by atoms with Gasteiger partial charge in [0.15, 0.2) is 0 Å². The second-order valence-corrected chi connectivity index (χ2v) is 4.72. The highest BCUT2D eigenvalue weighted by molar-refractivity contribution is 5.88. The van der Waals surface area contributed by atoms with Gasteiger partial charge in [-0.15, -0.1) is 0 Å². The third kappa shape index (κ3) is 2.99. The third-order valence-electron chi connectivity index (χ3n) is 3.43. The summed E-state index contributed by atoms with van der Waals surface area (Å²) in [4.78, 5) is 10.8. The first-order valence-corrected chi connectivity index (χ1v) is 6.13. The molecule has 92 valence electrons. The molecule has 3 nitrogen and oxygen atoms in total. The molecule has 0 radical (unpaired) electrons. The van der Waals surface area contributed by atoms with Gasteiger partial charge in [-0.2, -0.15) is 0 Å². The first-order valence-electron chi connectivity index (χ1n) is 6.13. The van der Waals surface area contributed by atoms with Gasteiger partial charge in [-0.1, -0.05) is 19.3 Å². The van der Waals surface area contributed by atoms with Crippen molar-refractivity contribution in [3.05, 3.63) is 29.3 Å². The van der Waals surface area contributed by atoms with Gasteiger partial charge in [-0.3, -0.25) is 0 Å². The highest BCUT2D eigenvalue weighted by Gasteiger charge is 2.17. The van der Waals surface area contributed by atoms with E-state index >= 15 is 0 Å². The number of hydrogen-bond acceptors (Lipinski definition) is 2. The van der Waals surface area contributed by atoms with E-state index in [-0.39, 0.29) is 0 Å². The molecule has 0 aromatic heterocycles. The van der Waals surface area contributed by atoms with Crippen LogP contribution >= 0.6 is 0 Å². The molecule has 1 fully saturated rings. The number of hydrogen-bond donors (Lipinski definition) is 1. The number of carboxylic acid groups (broad SMARTS) is 1. The summed E-state index contributed by atoms with van der Waals surface area (Å²) in [6, 6.07) is 4.99. The molecule has 3 heteroatoms. The van der Waals surface area contributed by atoms with E-state index in [2.05, 4.69) is 0 Å². The van der Waals surface area contributed by atoms with Gasteiger partial charge >= 0.3 is 5.97 Å². The van der Waals surface area contributed by atoms with Crippen molar-refractivity contribution in [1.82, 2.24) is 0 Å². The van der Waals surface area contributed by atoms with Gasteiger partial charge in [-0.25, -0.2) is 4.79 Å². The van der Waals surface area contributed by atoms with Crippen molar-refractivity contribution in [3.63, 3.8) is 0 Å². The molecule has 0 amide bonds. The van der Waals surface area contributed by atoms with E-state index in [1.54, 1.807) is 18.2 Å². The number of aromatic carboxylic acids is 1. The van der Waals surface area contributed by atoms with E-state index in [1.807, 2.05) is 6.92 Å². The minimum absolute atomic E-state index is 0.314. The van der Waals surface area contributed by atoms with Crippen molar-refractivity contribution in [1.29, 1.82) is 0 Å². The van der Waals surface area contributed by atoms with Gasteiger partial charge in [0.1, 0.15) is 5.75 Å². The summed E-state index contributed by atoms with van der Waals surface area (Å²) in [6.07, 6.45) is 5.14. The normalized spacial score (nSPS) is 15.4. The topological polar surface area (TPSA) is 46.5 Å². The van der Waals surface area contributed by atoms with Gasteiger partial charge < -0.3 is 9.84 Å². The Balaban J connectivity index is 1.89. The first-order chi connectivity index (χ1) is 8.16. The third-order valence-corrected chi connectivity index (χ3v) is 3.43. The zero-order valence-electron chi connectivity index (χ0n) is 10.1. The molecular weight excluding hydrogens is 216 g/mol. The van der Waals surface area contributed by atoms with Crippen LogP contribution in [0.4, 0.5) is 0 Å². The van der Waals surface area contributed by atoms with Crippen molar-refractivity contribution >= 4 is 5.97 Å². The molecule has 17 heavy (non-hydrogen) atoms. The van der Waals surface area contributed by atoms with Crippen LogP contribution in [-0.2, 0) is 0 Å². The molecule has 1 aromatic rings. The predicted molar refractivity (Wildman–Crippen MR) is 65.6 cm³/mol. The Kier molecular flexibility index (Phi) is 3.67. The number of rotatable bonds is 5. The Labute approximate surface area is 101 Å². The van der Waals surface area contributed by atoms with Crippen LogP contribution in [0, 0.1) is 12.8 Å². The van der Waals surface area contributed by atoms with E-state index in [1.165, 1.54) is 19.3 Å². The lowest BCUT2D eigenvalue weighted by Gasteiger charge is -2.25. The summed E-state index contributed by atoms with van der Waals surface area (Å²) in [5, 5.41) is 8.85. The lowest BCUT2D eigenvalue weighted by molar-refractivity contribution is 0.0696. The van der Waals surface area contributed by atoms with Gasteiger partial charge in [0.2, 0.25) is 0 Å². The van der Waals surface area contributed by atoms with Crippen molar-refractivity contribution in [2.75, 3.05) is 6.61 Å². The molecule has 0 unspecified atom stereocenters. The van der Waals surface area contributed by atoms with Crippen molar-refractivity contribution in [2.45, 2.75) is 32.6 Å². The average molecular weight is 234 g/mol. The smallest absolute Gasteiger partial charge is 0.335 e. The molecule has 1 aromatic carbocycles. The number of carbonyl (C=O) groups is 1. The van der Waals surface area contributed by atoms with E-state index in [0.717, 1.165) is 30.3 Å². The minimum Gasteiger partial charge on any atom is -0.493 e. The van der Waals surface area contributed by atoms with Crippen LogP contribution in [0.25, 0.3) is 0 Å². The summed E-state index contributed by atoms with van der Waals surface area (Å²) in [7, 11) is 0. The van der Waals surface area contributed by atoms with Crippen LogP contribution in [0.5, 0.6) is 5.75 Å². The van der Waals surface area contributed by atoms with Crippen molar-refractivity contribution in [2.24, 2.45) is 5.92 Å². The van der Waals surface area contributed by atoms with Gasteiger partial charge in [-0.05, 0) is 43.0 Å². The van der Waals surface area contributed by atoms with Crippen LogP contribution in [0.15, 0.2) is 18.2 Å². The fourth-order valence-corrected chi connectivity index (χ4v) is 2.06. The average Bonchev–Trinajstić information content (AvgIpc) is 2.23. The Hall–Kier alpha value is -1.51. The highest BCUT2D eigenvalue weighted by Crippen LogP contribution is 2.29. The Bertz CT molecular complexity index is 408. The maximum absolute atomic E-state index is 10.8. The first kappa shape index (κ1) is 12.0. The number of ether oxygens (including phenoxy) is 1. The number of aryl methyl sites for hydroxylation is 1. The molecule has 1 aliphatic rings. The molecule has 1 saturated carbocycles. The summed E-state index contributed by atoms with van der Waals surface area (Å²) < 4.78 is 5.68. The summed E-state index contributed by atoms with van der Waals surface area (Å²) >= 11 is 0. The van der Waals surface area contributed by atoms with E-state index in [0.29, 0.717) is 5.56 Å². The second-order valence-electron chi connectivity index (χ2n) is 4.72. The lowest BCUT2D eigenvalue weighted by atomic mass is 9.83. The molecule has 0 saturated heterocycles. The minimum atomic E-state index is -0.894. The quantitative estimate of drug-likeness (QED) is 0.850. The zero-order valence-corrected chi connectivity index (χ0v) is 10.1. The summed E-state index contributed by atoms with van der Waals surface area (Å²) in [6.45, 7) is 2.61. The lowest BCUT2D eigenvalue weighted by Crippen LogP contribution is -2.14. The van der Waals surface area contributed by atoms with E-state index in [4.69, 9.17) is 9.84 Å². The Morgan fingerprint density at radius 1 is 1.47 bits per heavy atom. The fraction of sp³-hybridized carbons (Fsp3) is 0.500. The summed E-state index contributed by atoms with van der Waals surface area (Å²) in [5.74, 6) is 0.747. The standard InChI is InChI=1S/C14H18O3/c1-10-9-12(14(15)16)5-6-13(10)17-8-7-11-3-2-4-11/h5-6,9,11H,2-4,7-8H2,1H3,(H,15,16). The van der Waals surface area contributed by atoms with E-state index < -0.39 is 5.97 Å². The fourth-order valence-electron chi connectivity index (χ4n) is 2.06. The van der Waals surface area contributed by atoms with Crippen molar-refractivity contribution in [3.8, 4) is 5.75 Å². The molecule has 1 aliphatic carbocycles. The Morgan fingerprint density at radius 2 is 2.24 bits per heavy atom. The molecule has 0 spiro atoms. The summed E-state index contributed by atoms with van der Waals surface area (Å²) in [5.41, 5.74) is 1.20. The number of benzene rings is 1. The maximum atomic E-state index is 10.8. The molecule has 0 atom stereocenters. The maximum Gasteiger partial charge on any atom is 0.335 e. The molecule has 0 bridgehead atoms. The largest absolute Gasteiger partial charge is 0.493 e. The van der Waals surface area contributed by atoms with Crippen LogP contribution in [0.1, 0.15) is 41.6 Å². The SMILES string of the molecule is Cc1cc(C(=O)O)ccc1OCCC1CCC1. The zero-order chi connectivity index (χ0) is 12.3. The monoisotopic (exact) mass is 234 g/mol. The molecular formula is C14H18O3. The van der Waals surface area contributed by atoms with E-state index in [9.17, 15) is 4.79 Å². The van der Waals surface area contributed by atoms with Gasteiger partial charge in [0.05, 0.1) is 12.2 Å². The van der Waals surface area contributed by atoms with Crippen LogP contribution < -0.4 is 4.74 Å². The number of carboxylic acids is 1. The van der Waals surface area contributed by atoms with Gasteiger partial charge in [0.25, 0.3) is 0 Å². The molecule has 1 N–H and O–H groups in total. The van der Waals surface area contributed by atoms with Crippen LogP contribution in [0.3, 0.4) is 0 Å². The van der Waals surface area contributed by atoms with Crippen LogP contribution in [-0.4, -0.2) is 17.7 Å². The molecule has 2 rings (SSSR count). The predicted octanol–water partition coefficient (Wildman–Crippen LogP) is 3.26. The van der Waals surface area contributed by atoms with Crippen molar-refractivity contribution < 1.29 is 14.6 Å².